The number of amides is 3. The zero-order chi connectivity index (χ0) is 18.7. The highest BCUT2D eigenvalue weighted by Crippen LogP contribution is 2.28. The highest BCUT2D eigenvalue weighted by Gasteiger charge is 2.38. The first kappa shape index (κ1) is 18.5. The third kappa shape index (κ3) is 3.79. The molecule has 1 heterocycles. The molecular formula is C19H19Cl2N3O2. The van der Waals surface area contributed by atoms with Crippen molar-refractivity contribution in [1.29, 1.82) is 0 Å². The van der Waals surface area contributed by atoms with E-state index in [1.54, 1.807) is 23.1 Å². The minimum atomic E-state index is -0.502. The number of rotatable bonds is 4. The van der Waals surface area contributed by atoms with Gasteiger partial charge in [0, 0.05) is 23.8 Å². The summed E-state index contributed by atoms with van der Waals surface area (Å²) in [6, 6.07) is 13.4. The average Bonchev–Trinajstić information content (AvgIpc) is 3.01. The molecule has 0 unspecified atom stereocenters. The maximum absolute atomic E-state index is 12.8. The quantitative estimate of drug-likeness (QED) is 0.824. The van der Waals surface area contributed by atoms with Crippen LogP contribution in [0.15, 0.2) is 48.5 Å². The Balaban J connectivity index is 1.75. The Morgan fingerprint density at radius 1 is 1.23 bits per heavy atom. The number of nitrogens with one attached hydrogen (secondary N) is 1. The Morgan fingerprint density at radius 2 is 1.96 bits per heavy atom. The zero-order valence-corrected chi connectivity index (χ0v) is 15.8. The van der Waals surface area contributed by atoms with Gasteiger partial charge in [0.05, 0.1) is 10.7 Å². The summed E-state index contributed by atoms with van der Waals surface area (Å²) in [5, 5.41) is 3.62. The van der Waals surface area contributed by atoms with Crippen LogP contribution < -0.4 is 10.2 Å². The Kier molecular flexibility index (Phi) is 5.69. The van der Waals surface area contributed by atoms with Crippen LogP contribution in [-0.4, -0.2) is 36.0 Å². The van der Waals surface area contributed by atoms with E-state index in [9.17, 15) is 9.59 Å². The van der Waals surface area contributed by atoms with E-state index in [0.717, 1.165) is 5.69 Å². The molecule has 0 bridgehead atoms. The van der Waals surface area contributed by atoms with Gasteiger partial charge in [-0.15, -0.1) is 0 Å². The van der Waals surface area contributed by atoms with E-state index in [2.05, 4.69) is 5.32 Å². The topological polar surface area (TPSA) is 52.7 Å². The molecule has 2 aromatic carbocycles. The molecule has 1 atom stereocenters. The van der Waals surface area contributed by atoms with E-state index in [1.807, 2.05) is 37.3 Å². The SMILES string of the molecule is CCN(C(=O)Nc1cc(Cl)ccc1Cl)[C@@H]1CCN(c2ccccc2)C1=O. The second-order valence-corrected chi connectivity index (χ2v) is 6.81. The molecule has 0 spiro atoms. The third-order valence-corrected chi connectivity index (χ3v) is 4.96. The minimum absolute atomic E-state index is 0.0783. The molecule has 7 heteroatoms. The number of hydrogen-bond donors (Lipinski definition) is 1. The monoisotopic (exact) mass is 391 g/mol. The van der Waals surface area contributed by atoms with Crippen LogP contribution in [-0.2, 0) is 4.79 Å². The van der Waals surface area contributed by atoms with E-state index in [-0.39, 0.29) is 11.9 Å². The number of carbonyl (C=O) groups excluding carboxylic acids is 2. The van der Waals surface area contributed by atoms with Gasteiger partial charge in [0.15, 0.2) is 0 Å². The molecule has 3 rings (SSSR count). The molecule has 1 aliphatic heterocycles. The van der Waals surface area contributed by atoms with Crippen molar-refractivity contribution in [3.8, 4) is 0 Å². The molecule has 5 nitrogen and oxygen atoms in total. The van der Waals surface area contributed by atoms with E-state index in [0.29, 0.717) is 35.2 Å². The molecule has 26 heavy (non-hydrogen) atoms. The molecule has 0 saturated carbocycles. The predicted molar refractivity (Wildman–Crippen MR) is 105 cm³/mol. The first-order valence-corrected chi connectivity index (χ1v) is 9.16. The van der Waals surface area contributed by atoms with Crippen molar-refractivity contribution in [3.63, 3.8) is 0 Å². The largest absolute Gasteiger partial charge is 0.322 e. The molecule has 0 radical (unpaired) electrons. The number of anilines is 2. The summed E-state index contributed by atoms with van der Waals surface area (Å²) in [4.78, 5) is 28.8. The van der Waals surface area contributed by atoms with Crippen LogP contribution in [0.2, 0.25) is 10.0 Å². The van der Waals surface area contributed by atoms with E-state index in [4.69, 9.17) is 23.2 Å². The van der Waals surface area contributed by atoms with Crippen molar-refractivity contribution in [3.05, 3.63) is 58.6 Å². The van der Waals surface area contributed by atoms with Gasteiger partial charge in [-0.1, -0.05) is 41.4 Å². The predicted octanol–water partition coefficient (Wildman–Crippen LogP) is 4.65. The fourth-order valence-corrected chi connectivity index (χ4v) is 3.44. The lowest BCUT2D eigenvalue weighted by atomic mass is 10.2. The molecule has 1 N–H and O–H groups in total. The summed E-state index contributed by atoms with van der Waals surface area (Å²) < 4.78 is 0. The first-order valence-electron chi connectivity index (χ1n) is 8.40. The van der Waals surface area contributed by atoms with Gasteiger partial charge in [-0.2, -0.15) is 0 Å². The van der Waals surface area contributed by atoms with Gasteiger partial charge in [0.1, 0.15) is 6.04 Å². The third-order valence-electron chi connectivity index (χ3n) is 4.39. The number of benzene rings is 2. The molecule has 1 aliphatic rings. The summed E-state index contributed by atoms with van der Waals surface area (Å²) >= 11 is 12.1. The van der Waals surface area contributed by atoms with E-state index in [1.165, 1.54) is 4.90 Å². The van der Waals surface area contributed by atoms with E-state index >= 15 is 0 Å². The number of hydrogen-bond acceptors (Lipinski definition) is 2. The number of urea groups is 1. The lowest BCUT2D eigenvalue weighted by Gasteiger charge is -2.27. The standard InChI is InChI=1S/C19H19Cl2N3O2/c1-2-23(19(26)22-16-12-13(20)8-9-15(16)21)17-10-11-24(18(17)25)14-6-4-3-5-7-14/h3-9,12,17H,2,10-11H2,1H3,(H,22,26)/t17-/m1/s1. The average molecular weight is 392 g/mol. The minimum Gasteiger partial charge on any atom is -0.313 e. The molecule has 0 aromatic heterocycles. The van der Waals surface area contributed by atoms with Gasteiger partial charge in [0.25, 0.3) is 0 Å². The van der Waals surface area contributed by atoms with Crippen molar-refractivity contribution >= 4 is 46.5 Å². The molecule has 136 valence electrons. The van der Waals surface area contributed by atoms with Crippen LogP contribution in [0.1, 0.15) is 13.3 Å². The van der Waals surface area contributed by atoms with Crippen molar-refractivity contribution in [2.24, 2.45) is 0 Å². The maximum Gasteiger partial charge on any atom is 0.322 e. The van der Waals surface area contributed by atoms with Crippen molar-refractivity contribution in [2.75, 3.05) is 23.3 Å². The maximum atomic E-state index is 12.8. The number of halogens is 2. The van der Waals surface area contributed by atoms with Gasteiger partial charge in [-0.05, 0) is 43.7 Å². The normalized spacial score (nSPS) is 16.7. The number of carbonyl (C=O) groups is 2. The Hall–Kier alpha value is -2.24. The molecular weight excluding hydrogens is 373 g/mol. The second kappa shape index (κ2) is 7.98. The van der Waals surface area contributed by atoms with Gasteiger partial charge < -0.3 is 15.1 Å². The van der Waals surface area contributed by atoms with Crippen LogP contribution in [0.4, 0.5) is 16.2 Å². The molecule has 0 aliphatic carbocycles. The van der Waals surface area contributed by atoms with Crippen LogP contribution in [0.3, 0.4) is 0 Å². The highest BCUT2D eigenvalue weighted by molar-refractivity contribution is 6.35. The van der Waals surface area contributed by atoms with Gasteiger partial charge >= 0.3 is 6.03 Å². The van der Waals surface area contributed by atoms with Crippen LogP contribution in [0.25, 0.3) is 0 Å². The molecule has 1 fully saturated rings. The zero-order valence-electron chi connectivity index (χ0n) is 14.3. The lowest BCUT2D eigenvalue weighted by Crippen LogP contribution is -2.47. The fourth-order valence-electron chi connectivity index (χ4n) is 3.10. The number of nitrogens with zero attached hydrogens (tertiary/aromatic N) is 2. The van der Waals surface area contributed by atoms with Crippen LogP contribution in [0, 0.1) is 0 Å². The molecule has 2 aromatic rings. The van der Waals surface area contributed by atoms with Crippen molar-refractivity contribution in [2.45, 2.75) is 19.4 Å². The lowest BCUT2D eigenvalue weighted by molar-refractivity contribution is -0.120. The Bertz CT molecular complexity index is 814. The highest BCUT2D eigenvalue weighted by atomic mass is 35.5. The number of para-hydroxylation sites is 1. The van der Waals surface area contributed by atoms with Crippen molar-refractivity contribution < 1.29 is 9.59 Å². The molecule has 3 amide bonds. The summed E-state index contributed by atoms with van der Waals surface area (Å²) in [5.74, 6) is -0.0783. The van der Waals surface area contributed by atoms with Gasteiger partial charge in [-0.25, -0.2) is 4.79 Å². The summed E-state index contributed by atoms with van der Waals surface area (Å²) in [5.41, 5.74) is 1.27. The number of likely N-dealkylation sites (N-methyl/N-ethyl adjacent to an activating group) is 1. The summed E-state index contributed by atoms with van der Waals surface area (Å²) in [7, 11) is 0. The van der Waals surface area contributed by atoms with Gasteiger partial charge in [0.2, 0.25) is 5.91 Å². The smallest absolute Gasteiger partial charge is 0.313 e. The van der Waals surface area contributed by atoms with Gasteiger partial charge in [-0.3, -0.25) is 4.79 Å². The van der Waals surface area contributed by atoms with Crippen LogP contribution >= 0.6 is 23.2 Å². The Labute approximate surface area is 162 Å². The second-order valence-electron chi connectivity index (χ2n) is 5.97. The first-order chi connectivity index (χ1) is 12.5. The summed E-state index contributed by atoms with van der Waals surface area (Å²) in [6.07, 6.45) is 0.582. The fraction of sp³-hybridized carbons (Fsp3) is 0.263. The van der Waals surface area contributed by atoms with E-state index < -0.39 is 6.04 Å². The summed E-state index contributed by atoms with van der Waals surface area (Å²) in [6.45, 7) is 2.83. The van der Waals surface area contributed by atoms with Crippen LogP contribution in [0.5, 0.6) is 0 Å². The Morgan fingerprint density at radius 3 is 2.65 bits per heavy atom. The molecule has 1 saturated heterocycles. The van der Waals surface area contributed by atoms with Crippen molar-refractivity contribution in [1.82, 2.24) is 4.90 Å².